The Morgan fingerprint density at radius 1 is 1.35 bits per heavy atom. The lowest BCUT2D eigenvalue weighted by atomic mass is 9.97. The number of hydrogen-bond acceptors (Lipinski definition) is 3. The molecule has 1 atom stereocenters. The molecular weight excluding hydrogens is 292 g/mol. The molecule has 0 saturated carbocycles. The van der Waals surface area contributed by atoms with Gasteiger partial charge in [-0.25, -0.2) is 0 Å². The Kier molecular flexibility index (Phi) is 4.98. The van der Waals surface area contributed by atoms with E-state index in [4.69, 9.17) is 0 Å². The fourth-order valence-corrected chi connectivity index (χ4v) is 3.73. The zero-order valence-corrected chi connectivity index (χ0v) is 13.9. The van der Waals surface area contributed by atoms with E-state index >= 15 is 0 Å². The Labute approximate surface area is 137 Å². The molecule has 2 aliphatic rings. The molecule has 3 rings (SSSR count). The summed E-state index contributed by atoms with van der Waals surface area (Å²) in [5.41, 5.74) is 2.20. The topological polar surface area (TPSA) is 69.3 Å². The molecule has 2 amide bonds. The number of amides is 2. The van der Waals surface area contributed by atoms with Crippen molar-refractivity contribution >= 4 is 11.8 Å². The number of hydrogen-bond donors (Lipinski definition) is 1. The summed E-state index contributed by atoms with van der Waals surface area (Å²) < 4.78 is 0. The van der Waals surface area contributed by atoms with Gasteiger partial charge in [0.1, 0.15) is 0 Å². The molecule has 6 nitrogen and oxygen atoms in total. The Morgan fingerprint density at radius 3 is 2.91 bits per heavy atom. The van der Waals surface area contributed by atoms with E-state index in [2.05, 4.69) is 10.2 Å². The van der Waals surface area contributed by atoms with Crippen LogP contribution in [0.1, 0.15) is 62.2 Å². The molecule has 0 radical (unpaired) electrons. The second kappa shape index (κ2) is 7.15. The maximum Gasteiger partial charge on any atom is 0.223 e. The molecule has 0 aliphatic carbocycles. The SMILES string of the molecule is Cc1cn[nH]c1[C@H]1CCCCN1C(=O)CCCN1CCCC1=O. The normalized spacial score (nSPS) is 22.0. The average Bonchev–Trinajstić information content (AvgIpc) is 3.16. The molecule has 1 N–H and O–H groups in total. The van der Waals surface area contributed by atoms with Gasteiger partial charge in [0, 0.05) is 32.5 Å². The van der Waals surface area contributed by atoms with Crippen molar-refractivity contribution in [2.45, 2.75) is 57.9 Å². The number of carbonyl (C=O) groups is 2. The van der Waals surface area contributed by atoms with Gasteiger partial charge in [0.2, 0.25) is 11.8 Å². The molecule has 0 bridgehead atoms. The van der Waals surface area contributed by atoms with E-state index in [0.29, 0.717) is 19.4 Å². The first-order valence-electron chi connectivity index (χ1n) is 8.74. The maximum atomic E-state index is 12.7. The number of nitrogens with zero attached hydrogens (tertiary/aromatic N) is 3. The minimum atomic E-state index is 0.132. The summed E-state index contributed by atoms with van der Waals surface area (Å²) in [5, 5.41) is 7.18. The molecule has 23 heavy (non-hydrogen) atoms. The molecule has 3 heterocycles. The Morgan fingerprint density at radius 2 is 2.22 bits per heavy atom. The number of carbonyl (C=O) groups excluding carboxylic acids is 2. The quantitative estimate of drug-likeness (QED) is 0.904. The van der Waals surface area contributed by atoms with Gasteiger partial charge < -0.3 is 9.80 Å². The van der Waals surface area contributed by atoms with E-state index in [1.165, 1.54) is 0 Å². The molecule has 6 heteroatoms. The van der Waals surface area contributed by atoms with Gasteiger partial charge in [-0.1, -0.05) is 0 Å². The van der Waals surface area contributed by atoms with Crippen LogP contribution in [0.3, 0.4) is 0 Å². The lowest BCUT2D eigenvalue weighted by molar-refractivity contribution is -0.136. The zero-order chi connectivity index (χ0) is 16.2. The highest BCUT2D eigenvalue weighted by Crippen LogP contribution is 2.31. The van der Waals surface area contributed by atoms with Crippen LogP contribution in [0.4, 0.5) is 0 Å². The van der Waals surface area contributed by atoms with Crippen LogP contribution >= 0.6 is 0 Å². The van der Waals surface area contributed by atoms with Crippen molar-refractivity contribution in [3.05, 3.63) is 17.5 Å². The Bertz CT molecular complexity index is 569. The van der Waals surface area contributed by atoms with Crippen molar-refractivity contribution in [2.75, 3.05) is 19.6 Å². The highest BCUT2D eigenvalue weighted by Gasteiger charge is 2.30. The van der Waals surface area contributed by atoms with Gasteiger partial charge in [-0.15, -0.1) is 0 Å². The second-order valence-electron chi connectivity index (χ2n) is 6.65. The first-order chi connectivity index (χ1) is 11.2. The second-order valence-corrected chi connectivity index (χ2v) is 6.65. The molecule has 126 valence electrons. The molecule has 1 aromatic heterocycles. The Balaban J connectivity index is 1.56. The predicted octanol–water partition coefficient (Wildman–Crippen LogP) is 2.17. The summed E-state index contributed by atoms with van der Waals surface area (Å²) in [4.78, 5) is 28.2. The molecular formula is C17H26N4O2. The first-order valence-corrected chi connectivity index (χ1v) is 8.74. The van der Waals surface area contributed by atoms with Crippen molar-refractivity contribution in [3.63, 3.8) is 0 Å². The van der Waals surface area contributed by atoms with E-state index in [1.54, 1.807) is 0 Å². The third kappa shape index (κ3) is 3.57. The number of H-pyrrole nitrogens is 1. The lowest BCUT2D eigenvalue weighted by Gasteiger charge is -2.35. The van der Waals surface area contributed by atoms with E-state index in [1.807, 2.05) is 22.9 Å². The monoisotopic (exact) mass is 318 g/mol. The summed E-state index contributed by atoms with van der Waals surface area (Å²) in [5.74, 6) is 0.441. The van der Waals surface area contributed by atoms with E-state index < -0.39 is 0 Å². The van der Waals surface area contributed by atoms with Crippen LogP contribution in [-0.2, 0) is 9.59 Å². The fourth-order valence-electron chi connectivity index (χ4n) is 3.73. The molecule has 1 aromatic rings. The Hall–Kier alpha value is -1.85. The smallest absolute Gasteiger partial charge is 0.223 e. The van der Waals surface area contributed by atoms with Gasteiger partial charge >= 0.3 is 0 Å². The average molecular weight is 318 g/mol. The summed E-state index contributed by atoms with van der Waals surface area (Å²) in [6.45, 7) is 4.43. The molecule has 0 unspecified atom stereocenters. The summed E-state index contributed by atoms with van der Waals surface area (Å²) in [6, 6.07) is 0.132. The van der Waals surface area contributed by atoms with Crippen LogP contribution in [0, 0.1) is 6.92 Å². The number of aromatic nitrogens is 2. The number of aromatic amines is 1. The summed E-state index contributed by atoms with van der Waals surface area (Å²) >= 11 is 0. The highest BCUT2D eigenvalue weighted by atomic mass is 16.2. The van der Waals surface area contributed by atoms with Gasteiger partial charge in [-0.05, 0) is 44.6 Å². The van der Waals surface area contributed by atoms with Gasteiger partial charge in [-0.3, -0.25) is 14.7 Å². The number of nitrogens with one attached hydrogen (secondary N) is 1. The van der Waals surface area contributed by atoms with Crippen molar-refractivity contribution in [1.82, 2.24) is 20.0 Å². The van der Waals surface area contributed by atoms with Crippen molar-refractivity contribution in [2.24, 2.45) is 0 Å². The van der Waals surface area contributed by atoms with E-state index in [0.717, 1.165) is 56.5 Å². The number of aryl methyl sites for hydroxylation is 1. The molecule has 2 fully saturated rings. The first kappa shape index (κ1) is 16.0. The maximum absolute atomic E-state index is 12.7. The lowest BCUT2D eigenvalue weighted by Crippen LogP contribution is -2.39. The van der Waals surface area contributed by atoms with Gasteiger partial charge in [-0.2, -0.15) is 5.10 Å². The summed E-state index contributed by atoms with van der Waals surface area (Å²) in [7, 11) is 0. The predicted molar refractivity (Wildman–Crippen MR) is 86.7 cm³/mol. The van der Waals surface area contributed by atoms with E-state index in [9.17, 15) is 9.59 Å². The third-order valence-corrected chi connectivity index (χ3v) is 5.01. The number of rotatable bonds is 5. The van der Waals surface area contributed by atoms with Crippen LogP contribution in [0.25, 0.3) is 0 Å². The van der Waals surface area contributed by atoms with Crippen LogP contribution in [-0.4, -0.2) is 51.4 Å². The molecule has 2 saturated heterocycles. The van der Waals surface area contributed by atoms with Gasteiger partial charge in [0.25, 0.3) is 0 Å². The minimum Gasteiger partial charge on any atom is -0.343 e. The van der Waals surface area contributed by atoms with Crippen LogP contribution in [0.2, 0.25) is 0 Å². The highest BCUT2D eigenvalue weighted by molar-refractivity contribution is 5.78. The molecule has 0 spiro atoms. The van der Waals surface area contributed by atoms with Crippen LogP contribution < -0.4 is 0 Å². The van der Waals surface area contributed by atoms with Crippen molar-refractivity contribution in [3.8, 4) is 0 Å². The number of likely N-dealkylation sites (tertiary alicyclic amines) is 2. The number of piperidine rings is 1. The largest absolute Gasteiger partial charge is 0.343 e. The van der Waals surface area contributed by atoms with Crippen molar-refractivity contribution < 1.29 is 9.59 Å². The molecule has 0 aromatic carbocycles. The molecule has 2 aliphatic heterocycles. The van der Waals surface area contributed by atoms with Gasteiger partial charge in [0.15, 0.2) is 0 Å². The van der Waals surface area contributed by atoms with Crippen LogP contribution in [0.5, 0.6) is 0 Å². The van der Waals surface area contributed by atoms with Gasteiger partial charge in [0.05, 0.1) is 17.9 Å². The zero-order valence-electron chi connectivity index (χ0n) is 13.9. The van der Waals surface area contributed by atoms with Crippen molar-refractivity contribution in [1.29, 1.82) is 0 Å². The van der Waals surface area contributed by atoms with E-state index in [-0.39, 0.29) is 17.9 Å². The standard InChI is InChI=1S/C17H26N4O2/c1-13-12-18-19-17(13)14-6-2-3-11-21(14)16(23)8-5-10-20-9-4-7-15(20)22/h12,14H,2-11H2,1H3,(H,18,19)/t14-/m1/s1. The summed E-state index contributed by atoms with van der Waals surface area (Å²) in [6.07, 6.45) is 7.95. The fraction of sp³-hybridized carbons (Fsp3) is 0.706. The minimum absolute atomic E-state index is 0.132. The van der Waals surface area contributed by atoms with Crippen LogP contribution in [0.15, 0.2) is 6.20 Å². The third-order valence-electron chi connectivity index (χ3n) is 5.01.